The van der Waals surface area contributed by atoms with Gasteiger partial charge in [0.1, 0.15) is 0 Å². The van der Waals surface area contributed by atoms with Crippen molar-refractivity contribution in [2.75, 3.05) is 11.4 Å². The van der Waals surface area contributed by atoms with Gasteiger partial charge in [-0.2, -0.15) is 5.26 Å². The molecule has 0 fully saturated rings. The summed E-state index contributed by atoms with van der Waals surface area (Å²) in [7, 11) is 0. The van der Waals surface area contributed by atoms with Gasteiger partial charge in [-0.3, -0.25) is 0 Å². The number of anilines is 1. The van der Waals surface area contributed by atoms with Crippen molar-refractivity contribution >= 4 is 5.69 Å². The largest absolute Gasteiger partial charge is 0.367 e. The summed E-state index contributed by atoms with van der Waals surface area (Å²) in [6.07, 6.45) is 2.33. The van der Waals surface area contributed by atoms with Crippen molar-refractivity contribution in [2.24, 2.45) is 0 Å². The molecule has 1 aliphatic heterocycles. The first kappa shape index (κ1) is 11.8. The van der Waals surface area contributed by atoms with E-state index in [1.807, 2.05) is 24.3 Å². The van der Waals surface area contributed by atoms with E-state index < -0.39 is 0 Å². The summed E-state index contributed by atoms with van der Waals surface area (Å²) in [5, 5.41) is 8.85. The molecule has 2 aromatic carbocycles. The normalized spacial score (nSPS) is 14.4. The molecule has 94 valence electrons. The van der Waals surface area contributed by atoms with Crippen LogP contribution in [0.5, 0.6) is 0 Å². The van der Waals surface area contributed by atoms with Crippen LogP contribution in [0.1, 0.15) is 23.1 Å². The van der Waals surface area contributed by atoms with Crippen molar-refractivity contribution in [2.45, 2.75) is 19.4 Å². The number of rotatable bonds is 1. The molecule has 1 heterocycles. The van der Waals surface area contributed by atoms with Gasteiger partial charge in [0.25, 0.3) is 0 Å². The van der Waals surface area contributed by atoms with E-state index in [1.165, 1.54) is 23.2 Å². The summed E-state index contributed by atoms with van der Waals surface area (Å²) in [6, 6.07) is 18.7. The Hall–Kier alpha value is -2.27. The van der Waals surface area contributed by atoms with E-state index in [4.69, 9.17) is 5.26 Å². The molecule has 0 N–H and O–H groups in total. The predicted octanol–water partition coefficient (Wildman–Crippen LogP) is 3.51. The molecule has 0 radical (unpaired) electrons. The van der Waals surface area contributed by atoms with E-state index in [0.29, 0.717) is 0 Å². The third-order valence-corrected chi connectivity index (χ3v) is 3.72. The molecular weight excluding hydrogens is 232 g/mol. The SMILES string of the molecule is N#Cc1ccc(N2CCCc3ccccc3C2)cc1. The zero-order valence-corrected chi connectivity index (χ0v) is 10.8. The molecule has 2 aromatic rings. The average Bonchev–Trinajstić information content (AvgIpc) is 2.69. The molecule has 0 aromatic heterocycles. The Morgan fingerprint density at radius 2 is 1.68 bits per heavy atom. The molecule has 3 rings (SSSR count). The van der Waals surface area contributed by atoms with Crippen LogP contribution < -0.4 is 4.90 Å². The van der Waals surface area contributed by atoms with Crippen LogP contribution in [-0.4, -0.2) is 6.54 Å². The van der Waals surface area contributed by atoms with Gasteiger partial charge in [0.05, 0.1) is 11.6 Å². The number of nitrogens with zero attached hydrogens (tertiary/aromatic N) is 2. The van der Waals surface area contributed by atoms with Crippen molar-refractivity contribution in [3.63, 3.8) is 0 Å². The lowest BCUT2D eigenvalue weighted by atomic mass is 10.0. The number of fused-ring (bicyclic) bond motifs is 1. The van der Waals surface area contributed by atoms with Crippen molar-refractivity contribution in [3.8, 4) is 6.07 Å². The molecule has 0 saturated carbocycles. The molecule has 19 heavy (non-hydrogen) atoms. The quantitative estimate of drug-likeness (QED) is 0.772. The third kappa shape index (κ3) is 2.46. The first-order chi connectivity index (χ1) is 9.36. The van der Waals surface area contributed by atoms with E-state index in [2.05, 4.69) is 35.2 Å². The Morgan fingerprint density at radius 3 is 2.42 bits per heavy atom. The van der Waals surface area contributed by atoms with Gasteiger partial charge in [0.15, 0.2) is 0 Å². The summed E-state index contributed by atoms with van der Waals surface area (Å²) in [6.45, 7) is 2.03. The summed E-state index contributed by atoms with van der Waals surface area (Å²) in [5.74, 6) is 0. The Morgan fingerprint density at radius 1 is 0.947 bits per heavy atom. The molecule has 0 spiro atoms. The minimum Gasteiger partial charge on any atom is -0.367 e. The van der Waals surface area contributed by atoms with Gasteiger partial charge < -0.3 is 4.90 Å². The number of hydrogen-bond acceptors (Lipinski definition) is 2. The molecule has 0 saturated heterocycles. The summed E-state index contributed by atoms with van der Waals surface area (Å²) < 4.78 is 0. The highest BCUT2D eigenvalue weighted by atomic mass is 15.1. The van der Waals surface area contributed by atoms with Crippen LogP contribution in [0, 0.1) is 11.3 Å². The number of hydrogen-bond donors (Lipinski definition) is 0. The first-order valence-electron chi connectivity index (χ1n) is 6.69. The van der Waals surface area contributed by atoms with Crippen molar-refractivity contribution in [3.05, 3.63) is 65.2 Å². The smallest absolute Gasteiger partial charge is 0.0991 e. The van der Waals surface area contributed by atoms with Crippen LogP contribution in [0.25, 0.3) is 0 Å². The second kappa shape index (κ2) is 5.16. The topological polar surface area (TPSA) is 27.0 Å². The summed E-state index contributed by atoms with van der Waals surface area (Å²) in [4.78, 5) is 2.40. The summed E-state index contributed by atoms with van der Waals surface area (Å²) >= 11 is 0. The maximum Gasteiger partial charge on any atom is 0.0991 e. The molecular formula is C17H16N2. The Balaban J connectivity index is 1.88. The van der Waals surface area contributed by atoms with Crippen LogP contribution >= 0.6 is 0 Å². The third-order valence-electron chi connectivity index (χ3n) is 3.72. The molecule has 2 heteroatoms. The lowest BCUT2D eigenvalue weighted by Gasteiger charge is -2.23. The highest BCUT2D eigenvalue weighted by molar-refractivity contribution is 5.51. The molecule has 0 bridgehead atoms. The van der Waals surface area contributed by atoms with Gasteiger partial charge >= 0.3 is 0 Å². The highest BCUT2D eigenvalue weighted by Gasteiger charge is 2.14. The zero-order valence-electron chi connectivity index (χ0n) is 10.8. The second-order valence-corrected chi connectivity index (χ2v) is 4.95. The van der Waals surface area contributed by atoms with Crippen molar-refractivity contribution < 1.29 is 0 Å². The predicted molar refractivity (Wildman–Crippen MR) is 77.0 cm³/mol. The number of nitriles is 1. The zero-order chi connectivity index (χ0) is 13.1. The van der Waals surface area contributed by atoms with Crippen LogP contribution in [0.15, 0.2) is 48.5 Å². The van der Waals surface area contributed by atoms with Gasteiger partial charge in [-0.15, -0.1) is 0 Å². The maximum absolute atomic E-state index is 8.85. The van der Waals surface area contributed by atoms with Gasteiger partial charge in [0, 0.05) is 18.8 Å². The van der Waals surface area contributed by atoms with Gasteiger partial charge in [0.2, 0.25) is 0 Å². The highest BCUT2D eigenvalue weighted by Crippen LogP contribution is 2.24. The fourth-order valence-electron chi connectivity index (χ4n) is 2.67. The molecule has 0 unspecified atom stereocenters. The average molecular weight is 248 g/mol. The fourth-order valence-corrected chi connectivity index (χ4v) is 2.67. The van der Waals surface area contributed by atoms with E-state index in [9.17, 15) is 0 Å². The monoisotopic (exact) mass is 248 g/mol. The van der Waals surface area contributed by atoms with Crippen LogP contribution in [0.4, 0.5) is 5.69 Å². The standard InChI is InChI=1S/C17H16N2/c18-12-14-7-9-17(10-8-14)19-11-3-6-15-4-1-2-5-16(15)13-19/h1-2,4-5,7-10H,3,6,11,13H2. The Bertz CT molecular complexity index is 608. The Kier molecular flexibility index (Phi) is 3.20. The molecule has 1 aliphatic rings. The Labute approximate surface area is 113 Å². The van der Waals surface area contributed by atoms with E-state index in [-0.39, 0.29) is 0 Å². The van der Waals surface area contributed by atoms with Gasteiger partial charge in [-0.25, -0.2) is 0 Å². The van der Waals surface area contributed by atoms with Crippen molar-refractivity contribution in [1.82, 2.24) is 0 Å². The fraction of sp³-hybridized carbons (Fsp3) is 0.235. The summed E-state index contributed by atoms with van der Waals surface area (Å²) in [5.41, 5.74) is 4.82. The minimum absolute atomic E-state index is 0.721. The lowest BCUT2D eigenvalue weighted by molar-refractivity contribution is 0.766. The lowest BCUT2D eigenvalue weighted by Crippen LogP contribution is -2.22. The van der Waals surface area contributed by atoms with Crippen LogP contribution in [-0.2, 0) is 13.0 Å². The second-order valence-electron chi connectivity index (χ2n) is 4.95. The molecule has 0 aliphatic carbocycles. The van der Waals surface area contributed by atoms with Crippen LogP contribution in [0.3, 0.4) is 0 Å². The number of aryl methyl sites for hydroxylation is 1. The van der Waals surface area contributed by atoms with E-state index >= 15 is 0 Å². The minimum atomic E-state index is 0.721. The van der Waals surface area contributed by atoms with E-state index in [1.54, 1.807) is 0 Å². The van der Waals surface area contributed by atoms with Gasteiger partial charge in [-0.1, -0.05) is 24.3 Å². The number of benzene rings is 2. The molecule has 0 atom stereocenters. The molecule has 2 nitrogen and oxygen atoms in total. The van der Waals surface area contributed by atoms with Crippen molar-refractivity contribution in [1.29, 1.82) is 5.26 Å². The first-order valence-corrected chi connectivity index (χ1v) is 6.69. The van der Waals surface area contributed by atoms with Crippen LogP contribution in [0.2, 0.25) is 0 Å². The van der Waals surface area contributed by atoms with Gasteiger partial charge in [-0.05, 0) is 48.2 Å². The van der Waals surface area contributed by atoms with E-state index in [0.717, 1.165) is 25.1 Å². The maximum atomic E-state index is 8.85. The molecule has 0 amide bonds.